The predicted octanol–water partition coefficient (Wildman–Crippen LogP) is 15.7. The summed E-state index contributed by atoms with van der Waals surface area (Å²) in [6, 6.07) is 87.8. The van der Waals surface area contributed by atoms with E-state index in [2.05, 4.69) is 199 Å². The Morgan fingerprint density at radius 1 is 0.299 bits per heavy atom. The van der Waals surface area contributed by atoms with Crippen molar-refractivity contribution in [2.24, 2.45) is 0 Å². The van der Waals surface area contributed by atoms with Crippen LogP contribution in [0.5, 0.6) is 0 Å². The van der Waals surface area contributed by atoms with Crippen molar-refractivity contribution in [3.8, 4) is 66.8 Å². The monoisotopic (exact) mass is 1160 g/mol. The van der Waals surface area contributed by atoms with Crippen molar-refractivity contribution in [3.05, 3.63) is 270 Å². The molecule has 11 aromatic rings. The first-order chi connectivity index (χ1) is 37.6. The second kappa shape index (κ2) is 19.8. The van der Waals surface area contributed by atoms with E-state index < -0.39 is 21.7 Å². The van der Waals surface area contributed by atoms with Gasteiger partial charge in [-0.15, -0.1) is 0 Å². The summed E-state index contributed by atoms with van der Waals surface area (Å²) in [6.07, 6.45) is 0. The minimum Gasteiger partial charge on any atom is -0.423 e. The molecule has 15 rings (SSSR count). The fraction of sp³-hybridized carbons (Fsp3) is 0. The molecule has 0 aliphatic carbocycles. The molecule has 0 fully saturated rings. The number of benzene rings is 11. The van der Waals surface area contributed by atoms with E-state index >= 15 is 9.13 Å². The molecule has 11 heteroatoms. The van der Waals surface area contributed by atoms with Gasteiger partial charge in [0.15, 0.2) is 0 Å². The molecular weight excluding hydrogens is 1120 g/mol. The molecule has 4 aliphatic heterocycles. The summed E-state index contributed by atoms with van der Waals surface area (Å²) in [5, 5.41) is 20.7. The fourth-order valence-electron chi connectivity index (χ4n) is 11.4. The first-order valence-corrected chi connectivity index (χ1v) is 30.1. The van der Waals surface area contributed by atoms with Gasteiger partial charge in [0.2, 0.25) is 14.6 Å². The van der Waals surface area contributed by atoms with E-state index in [0.29, 0.717) is 5.46 Å². The molecule has 0 saturated heterocycles. The van der Waals surface area contributed by atoms with Crippen LogP contribution < -0.4 is 36.0 Å². The van der Waals surface area contributed by atoms with E-state index in [0.717, 1.165) is 109 Å². The minimum absolute atomic E-state index is 0.525. The average Bonchev–Trinajstić information content (AvgIpc) is 3.59. The highest BCUT2D eigenvalue weighted by atomic mass is 79.9. The van der Waals surface area contributed by atoms with Crippen molar-refractivity contribution < 1.29 is 19.2 Å². The predicted molar refractivity (Wildman–Crippen MR) is 328 cm³/mol. The molecule has 4 heterocycles. The molecule has 0 aromatic heterocycles. The van der Waals surface area contributed by atoms with Crippen LogP contribution in [0.4, 0.5) is 22.7 Å². The van der Waals surface area contributed by atoms with Gasteiger partial charge in [-0.2, -0.15) is 0 Å². The van der Waals surface area contributed by atoms with Crippen molar-refractivity contribution in [1.82, 2.24) is 0 Å². The lowest BCUT2D eigenvalue weighted by Crippen LogP contribution is -2.37. The minimum atomic E-state index is -3.20. The number of hydrogen-bond donors (Lipinski definition) is 2. The van der Waals surface area contributed by atoms with Crippen LogP contribution in [0.25, 0.3) is 66.8 Å². The fourth-order valence-corrected chi connectivity index (χ4v) is 18.6. The Morgan fingerprint density at radius 2 is 0.584 bits per heavy atom. The van der Waals surface area contributed by atoms with Crippen molar-refractivity contribution in [2.75, 3.05) is 9.34 Å². The number of halogens is 2. The van der Waals surface area contributed by atoms with Gasteiger partial charge in [-0.3, -0.25) is 18.5 Å². The van der Waals surface area contributed by atoms with Gasteiger partial charge < -0.3 is 10.0 Å². The Bertz CT molecular complexity index is 3980. The van der Waals surface area contributed by atoms with Crippen molar-refractivity contribution in [2.45, 2.75) is 0 Å². The summed E-state index contributed by atoms with van der Waals surface area (Å²) < 4.78 is 36.9. The van der Waals surface area contributed by atoms with Gasteiger partial charge in [0.1, 0.15) is 0 Å². The second-order valence-electron chi connectivity index (χ2n) is 19.1. The maximum Gasteiger partial charge on any atom is 0.488 e. The number of fused-ring (bicyclic) bond motifs is 22. The van der Waals surface area contributed by atoms with Gasteiger partial charge in [-0.1, -0.05) is 208 Å². The molecule has 0 spiro atoms. The quantitative estimate of drug-likeness (QED) is 0.136. The molecule has 0 radical (unpaired) electrons. The summed E-state index contributed by atoms with van der Waals surface area (Å²) in [4.78, 5) is 0. The number of rotatable bonds is 3. The second-order valence-corrected chi connectivity index (χ2v) is 26.0. The van der Waals surface area contributed by atoms with Crippen LogP contribution in [0.1, 0.15) is 0 Å². The normalized spacial score (nSPS) is 13.7. The summed E-state index contributed by atoms with van der Waals surface area (Å²) in [5.41, 5.74) is 17.7. The first-order valence-electron chi connectivity index (χ1n) is 25.2. The third-order valence-corrected chi connectivity index (χ3v) is 21.9. The topological polar surface area (TPSA) is 81.1 Å². The lowest BCUT2D eigenvalue weighted by Gasteiger charge is -2.44. The third-order valence-electron chi connectivity index (χ3n) is 14.8. The van der Waals surface area contributed by atoms with Crippen LogP contribution in [-0.4, -0.2) is 17.2 Å². The standard InChI is InChI=1S/C36H24NOP.C24H14Br2NOP.C6H7BO2/c38-39-35-17-9-7-15-29(35)31-23-27(25-11-3-1-4-12-25)19-21-33(31)37(39)34-22-20-28(26-13-5-2-6-14-26)24-32(34)30-16-8-10-18-36(30)39;25-15-9-11-21-19(13-15)17-5-1-3-7-23(17)29(28)24-8-4-2-6-18(24)20-14-16(26)10-12-22(20)27(21)29;8-7(9)6-4-2-1-3-5-6/h1-24H;1-14H;1-5,8-9H. The van der Waals surface area contributed by atoms with Gasteiger partial charge in [0.05, 0.1) is 22.7 Å². The Morgan fingerprint density at radius 3 is 0.909 bits per heavy atom. The number of anilines is 4. The highest BCUT2D eigenvalue weighted by Gasteiger charge is 2.49. The molecule has 11 aromatic carbocycles. The molecule has 4 aliphatic rings. The van der Waals surface area contributed by atoms with E-state index in [-0.39, 0.29) is 0 Å². The van der Waals surface area contributed by atoms with Crippen molar-refractivity contribution >= 4 is 103 Å². The third kappa shape index (κ3) is 8.15. The molecule has 0 amide bonds. The number of hydrogen-bond acceptors (Lipinski definition) is 4. The van der Waals surface area contributed by atoms with Crippen molar-refractivity contribution in [3.63, 3.8) is 0 Å². The largest absolute Gasteiger partial charge is 0.488 e. The SMILES string of the molecule is O=P12c3ccccc3-c3cc(-c4ccccc4)ccc3N1c1ccc(-c3ccccc3)cc1-c1ccccc12.O=P12c3ccccc3-c3cc(Br)ccc3N1c1ccc(Br)cc1-c1ccccc12.OB(O)c1ccccc1. The Kier molecular flexibility index (Phi) is 12.6. The van der Waals surface area contributed by atoms with Crippen LogP contribution in [0, 0.1) is 0 Å². The molecule has 77 heavy (non-hydrogen) atoms. The maximum atomic E-state index is 15.6. The molecule has 370 valence electrons. The number of nitrogens with zero attached hydrogens (tertiary/aromatic N) is 2. The smallest absolute Gasteiger partial charge is 0.423 e. The van der Waals surface area contributed by atoms with Crippen LogP contribution in [0.3, 0.4) is 0 Å². The zero-order valence-corrected chi connectivity index (χ0v) is 46.1. The summed E-state index contributed by atoms with van der Waals surface area (Å²) in [7, 11) is -7.63. The van der Waals surface area contributed by atoms with Crippen LogP contribution >= 0.6 is 46.4 Å². The van der Waals surface area contributed by atoms with Gasteiger partial charge in [-0.25, -0.2) is 0 Å². The zero-order valence-electron chi connectivity index (χ0n) is 41.2. The van der Waals surface area contributed by atoms with Crippen LogP contribution in [-0.2, 0) is 9.13 Å². The van der Waals surface area contributed by atoms with Gasteiger partial charge >= 0.3 is 7.12 Å². The molecule has 0 unspecified atom stereocenters. The maximum absolute atomic E-state index is 15.6. The van der Waals surface area contributed by atoms with Gasteiger partial charge in [0.25, 0.3) is 0 Å². The first kappa shape index (κ1) is 49.0. The Balaban J connectivity index is 0.000000130. The summed E-state index contributed by atoms with van der Waals surface area (Å²) in [5.74, 6) is 0. The molecular formula is C66H45BBr2N2O4P2. The molecule has 2 N–H and O–H groups in total. The molecule has 6 nitrogen and oxygen atoms in total. The lowest BCUT2D eigenvalue weighted by molar-refractivity contribution is 0.426. The lowest BCUT2D eigenvalue weighted by atomic mass is 9.81. The average molecular weight is 1160 g/mol. The van der Waals surface area contributed by atoms with E-state index in [4.69, 9.17) is 10.0 Å². The molecule has 0 atom stereocenters. The highest BCUT2D eigenvalue weighted by Crippen LogP contribution is 2.67. The van der Waals surface area contributed by atoms with Gasteiger partial charge in [-0.05, 0) is 135 Å². The molecule has 0 bridgehead atoms. The highest BCUT2D eigenvalue weighted by molar-refractivity contribution is 9.10. The van der Waals surface area contributed by atoms with E-state index in [1.807, 2.05) is 78.9 Å². The zero-order chi connectivity index (χ0) is 52.4. The summed E-state index contributed by atoms with van der Waals surface area (Å²) in [6.45, 7) is 0. The molecule has 0 saturated carbocycles. The Labute approximate surface area is 464 Å². The van der Waals surface area contributed by atoms with E-state index in [1.54, 1.807) is 24.3 Å². The van der Waals surface area contributed by atoms with E-state index in [9.17, 15) is 0 Å². The van der Waals surface area contributed by atoms with Crippen LogP contribution in [0.2, 0.25) is 0 Å². The Hall–Kier alpha value is -7.58. The van der Waals surface area contributed by atoms with E-state index in [1.165, 1.54) is 11.1 Å². The van der Waals surface area contributed by atoms with Crippen molar-refractivity contribution in [1.29, 1.82) is 0 Å². The van der Waals surface area contributed by atoms with Gasteiger partial charge in [0, 0.05) is 52.4 Å². The summed E-state index contributed by atoms with van der Waals surface area (Å²) >= 11 is 7.23. The van der Waals surface area contributed by atoms with Crippen LogP contribution in [0.15, 0.2) is 270 Å².